The summed E-state index contributed by atoms with van der Waals surface area (Å²) in [5.74, 6) is 1.53. The molecule has 2 N–H and O–H groups in total. The molecular formula is C23H25BrN2O3. The average molecular weight is 457 g/mol. The summed E-state index contributed by atoms with van der Waals surface area (Å²) in [6.45, 7) is 4.27. The predicted molar refractivity (Wildman–Crippen MR) is 119 cm³/mol. The number of fused-ring (bicyclic) bond motifs is 1. The summed E-state index contributed by atoms with van der Waals surface area (Å²) in [5.41, 5.74) is 4.38. The van der Waals surface area contributed by atoms with Crippen molar-refractivity contribution in [2.75, 3.05) is 24.9 Å². The van der Waals surface area contributed by atoms with Crippen LogP contribution in [0.15, 0.2) is 52.1 Å². The van der Waals surface area contributed by atoms with Crippen molar-refractivity contribution in [3.05, 3.63) is 57.7 Å². The van der Waals surface area contributed by atoms with Crippen LogP contribution in [0.2, 0.25) is 0 Å². The summed E-state index contributed by atoms with van der Waals surface area (Å²) in [7, 11) is 3.27. The second-order valence-electron chi connectivity index (χ2n) is 8.28. The minimum Gasteiger partial charge on any atom is -0.496 e. The van der Waals surface area contributed by atoms with Gasteiger partial charge >= 0.3 is 0 Å². The number of Topliss-reactive ketones (excluding diaryl/α,β-unsaturated/α-hetero) is 1. The Kier molecular flexibility index (Phi) is 5.07. The number of ether oxygens (including phenoxy) is 2. The molecule has 5 nitrogen and oxygen atoms in total. The number of benzene rings is 2. The van der Waals surface area contributed by atoms with E-state index in [-0.39, 0.29) is 17.2 Å². The minimum atomic E-state index is -0.371. The number of hydrogen-bond acceptors (Lipinski definition) is 5. The first-order valence-electron chi connectivity index (χ1n) is 9.64. The molecule has 0 bridgehead atoms. The summed E-state index contributed by atoms with van der Waals surface area (Å²) in [6.07, 6.45) is 1.30. The fourth-order valence-corrected chi connectivity index (χ4v) is 4.98. The second kappa shape index (κ2) is 7.41. The van der Waals surface area contributed by atoms with Gasteiger partial charge in [-0.05, 0) is 52.0 Å². The van der Waals surface area contributed by atoms with Gasteiger partial charge in [0.2, 0.25) is 0 Å². The molecule has 1 heterocycles. The van der Waals surface area contributed by atoms with Gasteiger partial charge < -0.3 is 20.1 Å². The van der Waals surface area contributed by atoms with E-state index >= 15 is 0 Å². The number of ketones is 1. The molecule has 1 aliphatic heterocycles. The van der Waals surface area contributed by atoms with Crippen molar-refractivity contribution in [2.45, 2.75) is 32.7 Å². The average Bonchev–Trinajstić information content (AvgIpc) is 2.82. The van der Waals surface area contributed by atoms with Gasteiger partial charge in [-0.15, -0.1) is 0 Å². The van der Waals surface area contributed by atoms with Crippen LogP contribution in [-0.4, -0.2) is 20.0 Å². The maximum atomic E-state index is 13.4. The number of methoxy groups -OCH3 is 2. The highest BCUT2D eigenvalue weighted by Gasteiger charge is 2.40. The maximum absolute atomic E-state index is 13.4. The molecule has 4 rings (SSSR count). The van der Waals surface area contributed by atoms with E-state index < -0.39 is 0 Å². The van der Waals surface area contributed by atoms with Crippen LogP contribution >= 0.6 is 15.9 Å². The van der Waals surface area contributed by atoms with Crippen molar-refractivity contribution < 1.29 is 14.3 Å². The first-order valence-corrected chi connectivity index (χ1v) is 10.4. The molecule has 0 amide bonds. The van der Waals surface area contributed by atoms with Crippen LogP contribution in [0.1, 0.15) is 38.3 Å². The Hall–Kier alpha value is -2.47. The van der Waals surface area contributed by atoms with Gasteiger partial charge in [0.15, 0.2) is 5.78 Å². The summed E-state index contributed by atoms with van der Waals surface area (Å²) in [6, 6.07) is 11.4. The topological polar surface area (TPSA) is 59.6 Å². The number of allylic oxidation sites excluding steroid dienone is 1. The Morgan fingerprint density at radius 2 is 1.66 bits per heavy atom. The van der Waals surface area contributed by atoms with Gasteiger partial charge in [-0.2, -0.15) is 0 Å². The zero-order valence-corrected chi connectivity index (χ0v) is 18.6. The van der Waals surface area contributed by atoms with Gasteiger partial charge in [0.05, 0.1) is 36.1 Å². The van der Waals surface area contributed by atoms with E-state index in [2.05, 4.69) is 40.4 Å². The van der Waals surface area contributed by atoms with Gasteiger partial charge in [0, 0.05) is 23.3 Å². The zero-order chi connectivity index (χ0) is 20.8. The molecule has 1 atom stereocenters. The molecule has 0 saturated carbocycles. The Balaban J connectivity index is 1.97. The monoisotopic (exact) mass is 456 g/mol. The molecule has 1 aliphatic carbocycles. The summed E-state index contributed by atoms with van der Waals surface area (Å²) in [5, 5.41) is 7.13. The first-order chi connectivity index (χ1) is 13.8. The lowest BCUT2D eigenvalue weighted by Gasteiger charge is -2.34. The van der Waals surface area contributed by atoms with E-state index in [4.69, 9.17) is 9.47 Å². The third-order valence-corrected chi connectivity index (χ3v) is 6.37. The quantitative estimate of drug-likeness (QED) is 0.621. The molecule has 152 valence electrons. The lowest BCUT2D eigenvalue weighted by Crippen LogP contribution is -2.31. The minimum absolute atomic E-state index is 0.0948. The smallest absolute Gasteiger partial charge is 0.163 e. The maximum Gasteiger partial charge on any atom is 0.163 e. The number of rotatable bonds is 3. The Morgan fingerprint density at radius 3 is 2.34 bits per heavy atom. The van der Waals surface area contributed by atoms with Gasteiger partial charge in [-0.25, -0.2) is 0 Å². The van der Waals surface area contributed by atoms with Crippen LogP contribution in [0, 0.1) is 5.41 Å². The fourth-order valence-electron chi connectivity index (χ4n) is 4.27. The van der Waals surface area contributed by atoms with Crippen molar-refractivity contribution in [2.24, 2.45) is 5.41 Å². The first kappa shape index (κ1) is 19.8. The van der Waals surface area contributed by atoms with Crippen molar-refractivity contribution >= 4 is 33.1 Å². The third-order valence-electron chi connectivity index (χ3n) is 5.55. The molecule has 0 radical (unpaired) electrons. The van der Waals surface area contributed by atoms with Crippen molar-refractivity contribution in [3.63, 3.8) is 0 Å². The molecular weight excluding hydrogens is 432 g/mol. The highest BCUT2D eigenvalue weighted by atomic mass is 79.9. The Morgan fingerprint density at radius 1 is 1.00 bits per heavy atom. The predicted octanol–water partition coefficient (Wildman–Crippen LogP) is 5.69. The highest BCUT2D eigenvalue weighted by Crippen LogP contribution is 2.49. The normalized spacial score (nSPS) is 20.0. The Labute approximate surface area is 179 Å². The van der Waals surface area contributed by atoms with E-state index in [0.717, 1.165) is 39.1 Å². The molecule has 0 fully saturated rings. The number of anilines is 2. The molecule has 1 unspecified atom stereocenters. The molecule has 29 heavy (non-hydrogen) atoms. The SMILES string of the molecule is COc1ccc(OC)c(C2Nc3ccccc3NC3=C2C(=O)CC(C)(C)C3)c1Br. The molecule has 0 aromatic heterocycles. The van der Waals surface area contributed by atoms with Crippen LogP contribution in [0.5, 0.6) is 11.5 Å². The number of carbonyl (C=O) groups excluding carboxylic acids is 1. The van der Waals surface area contributed by atoms with Gasteiger partial charge in [0.25, 0.3) is 0 Å². The lowest BCUT2D eigenvalue weighted by molar-refractivity contribution is -0.118. The largest absolute Gasteiger partial charge is 0.496 e. The second-order valence-corrected chi connectivity index (χ2v) is 9.07. The molecule has 2 aromatic rings. The van der Waals surface area contributed by atoms with Crippen LogP contribution in [-0.2, 0) is 4.79 Å². The summed E-state index contributed by atoms with van der Waals surface area (Å²) in [4.78, 5) is 13.4. The van der Waals surface area contributed by atoms with Crippen molar-refractivity contribution in [1.29, 1.82) is 0 Å². The van der Waals surface area contributed by atoms with Crippen LogP contribution < -0.4 is 20.1 Å². The number of nitrogens with one attached hydrogen (secondary N) is 2. The fraction of sp³-hybridized carbons (Fsp3) is 0.348. The molecule has 2 aromatic carbocycles. The third kappa shape index (κ3) is 3.50. The number of carbonyl (C=O) groups is 1. The van der Waals surface area contributed by atoms with Crippen LogP contribution in [0.25, 0.3) is 0 Å². The van der Waals surface area contributed by atoms with Crippen LogP contribution in [0.4, 0.5) is 11.4 Å². The van der Waals surface area contributed by atoms with E-state index in [1.54, 1.807) is 14.2 Å². The van der Waals surface area contributed by atoms with Gasteiger partial charge in [0.1, 0.15) is 11.5 Å². The van der Waals surface area contributed by atoms with E-state index in [1.165, 1.54) is 0 Å². The van der Waals surface area contributed by atoms with E-state index in [9.17, 15) is 4.79 Å². The van der Waals surface area contributed by atoms with E-state index in [1.807, 2.05) is 36.4 Å². The van der Waals surface area contributed by atoms with E-state index in [0.29, 0.717) is 17.9 Å². The summed E-state index contributed by atoms with van der Waals surface area (Å²) < 4.78 is 12.0. The van der Waals surface area contributed by atoms with Crippen molar-refractivity contribution in [1.82, 2.24) is 0 Å². The van der Waals surface area contributed by atoms with Crippen LogP contribution in [0.3, 0.4) is 0 Å². The van der Waals surface area contributed by atoms with Gasteiger partial charge in [-0.3, -0.25) is 4.79 Å². The number of hydrogen-bond donors (Lipinski definition) is 2. The molecule has 0 saturated heterocycles. The Bertz CT molecular complexity index is 1010. The number of halogens is 1. The van der Waals surface area contributed by atoms with Gasteiger partial charge in [-0.1, -0.05) is 26.0 Å². The summed E-state index contributed by atoms with van der Waals surface area (Å²) >= 11 is 3.69. The lowest BCUT2D eigenvalue weighted by atomic mass is 9.73. The zero-order valence-electron chi connectivity index (χ0n) is 17.1. The van der Waals surface area contributed by atoms with Crippen molar-refractivity contribution in [3.8, 4) is 11.5 Å². The highest BCUT2D eigenvalue weighted by molar-refractivity contribution is 9.10. The molecule has 6 heteroatoms. The standard InChI is InChI=1S/C23H25BrN2O3/c1-23(2)11-15-19(16(27)12-23)22(26-14-8-6-5-7-13(14)25-15)20-17(28-3)9-10-18(29-4)21(20)24/h5-10,22,25-26H,11-12H2,1-4H3. The number of para-hydroxylation sites is 2. The molecule has 2 aliphatic rings. The molecule has 0 spiro atoms.